The van der Waals surface area contributed by atoms with E-state index in [2.05, 4.69) is 5.10 Å². The highest BCUT2D eigenvalue weighted by atomic mass is 35.5. The van der Waals surface area contributed by atoms with Gasteiger partial charge < -0.3 is 10.6 Å². The number of carbonyl (C=O) groups is 1. The average Bonchev–Trinajstić information content (AvgIpc) is 2.96. The molecule has 2 N–H and O–H groups in total. The third-order valence-corrected chi connectivity index (χ3v) is 4.74. The van der Waals surface area contributed by atoms with Crippen molar-refractivity contribution in [2.24, 2.45) is 5.73 Å². The molecule has 130 valence electrons. The zero-order valence-corrected chi connectivity index (χ0v) is 15.1. The number of aromatic nitrogens is 2. The molecule has 5 nitrogen and oxygen atoms in total. The average molecular weight is 349 g/mol. The van der Waals surface area contributed by atoms with E-state index >= 15 is 0 Å². The first-order valence-corrected chi connectivity index (χ1v) is 8.25. The molecule has 1 amide bonds. The predicted molar refractivity (Wildman–Crippen MR) is 98.0 cm³/mol. The molecule has 0 saturated carbocycles. The standard InChI is InChI=1S/C18H24N4O.ClH/c1-13-7-3-4-9-17(13)22-14(2)16(12-20-22)18(23)21-10-6-5-8-15(21)11-19;/h3-4,7,9,12,15H,5-6,8,10-11,19H2,1-2H3;1H. The molecule has 1 aromatic carbocycles. The highest BCUT2D eigenvalue weighted by Crippen LogP contribution is 2.22. The molecule has 0 spiro atoms. The van der Waals surface area contributed by atoms with Gasteiger partial charge in [0.15, 0.2) is 0 Å². The minimum absolute atomic E-state index is 0. The molecule has 1 atom stereocenters. The first kappa shape index (κ1) is 18.5. The van der Waals surface area contributed by atoms with Crippen LogP contribution in [0.15, 0.2) is 30.5 Å². The second kappa shape index (κ2) is 7.81. The minimum atomic E-state index is 0. The monoisotopic (exact) mass is 348 g/mol. The first-order valence-electron chi connectivity index (χ1n) is 8.25. The lowest BCUT2D eigenvalue weighted by Gasteiger charge is -2.35. The lowest BCUT2D eigenvalue weighted by atomic mass is 10.0. The second-order valence-corrected chi connectivity index (χ2v) is 6.23. The largest absolute Gasteiger partial charge is 0.334 e. The Morgan fingerprint density at radius 2 is 2.04 bits per heavy atom. The van der Waals surface area contributed by atoms with Gasteiger partial charge in [-0.05, 0) is 44.7 Å². The van der Waals surface area contributed by atoms with Gasteiger partial charge in [-0.25, -0.2) is 4.68 Å². The Kier molecular flexibility index (Phi) is 6.02. The maximum Gasteiger partial charge on any atom is 0.257 e. The van der Waals surface area contributed by atoms with E-state index < -0.39 is 0 Å². The molecule has 2 aromatic rings. The van der Waals surface area contributed by atoms with Crippen LogP contribution in [0.4, 0.5) is 0 Å². The second-order valence-electron chi connectivity index (χ2n) is 6.23. The van der Waals surface area contributed by atoms with Crippen molar-refractivity contribution in [3.63, 3.8) is 0 Å². The summed E-state index contributed by atoms with van der Waals surface area (Å²) in [5.74, 6) is 0.0532. The lowest BCUT2D eigenvalue weighted by Crippen LogP contribution is -2.47. The summed E-state index contributed by atoms with van der Waals surface area (Å²) in [6.07, 6.45) is 4.87. The number of benzene rings is 1. The maximum atomic E-state index is 12.9. The van der Waals surface area contributed by atoms with E-state index in [0.29, 0.717) is 12.1 Å². The van der Waals surface area contributed by atoms with Crippen LogP contribution < -0.4 is 5.73 Å². The number of hydrogen-bond acceptors (Lipinski definition) is 3. The molecule has 6 heteroatoms. The van der Waals surface area contributed by atoms with Crippen LogP contribution in [-0.2, 0) is 0 Å². The summed E-state index contributed by atoms with van der Waals surface area (Å²) in [6.45, 7) is 5.31. The van der Waals surface area contributed by atoms with Gasteiger partial charge >= 0.3 is 0 Å². The van der Waals surface area contributed by atoms with Crippen LogP contribution in [-0.4, -0.2) is 39.7 Å². The van der Waals surface area contributed by atoms with Crippen LogP contribution in [0, 0.1) is 13.8 Å². The molecule has 1 aromatic heterocycles. The van der Waals surface area contributed by atoms with Crippen molar-refractivity contribution >= 4 is 18.3 Å². The Labute approximate surface area is 149 Å². The third kappa shape index (κ3) is 3.32. The topological polar surface area (TPSA) is 64.2 Å². The van der Waals surface area contributed by atoms with Gasteiger partial charge in [-0.15, -0.1) is 12.4 Å². The first-order chi connectivity index (χ1) is 11.1. The smallest absolute Gasteiger partial charge is 0.257 e. The number of likely N-dealkylation sites (tertiary alicyclic amines) is 1. The summed E-state index contributed by atoms with van der Waals surface area (Å²) in [6, 6.07) is 8.21. The number of carbonyl (C=O) groups excluding carboxylic acids is 1. The zero-order chi connectivity index (χ0) is 16.4. The van der Waals surface area contributed by atoms with E-state index in [1.165, 1.54) is 0 Å². The fourth-order valence-electron chi connectivity index (χ4n) is 3.33. The Morgan fingerprint density at radius 1 is 1.29 bits per heavy atom. The van der Waals surface area contributed by atoms with Crippen molar-refractivity contribution in [3.8, 4) is 5.69 Å². The Hall–Kier alpha value is -1.85. The highest BCUT2D eigenvalue weighted by Gasteiger charge is 2.28. The van der Waals surface area contributed by atoms with Gasteiger partial charge in [-0.1, -0.05) is 18.2 Å². The summed E-state index contributed by atoms with van der Waals surface area (Å²) < 4.78 is 1.85. The van der Waals surface area contributed by atoms with Crippen LogP contribution in [0.25, 0.3) is 5.69 Å². The number of piperidine rings is 1. The van der Waals surface area contributed by atoms with Crippen LogP contribution in [0.5, 0.6) is 0 Å². The van der Waals surface area contributed by atoms with Crippen LogP contribution in [0.1, 0.15) is 40.9 Å². The molecule has 0 aliphatic carbocycles. The Bertz CT molecular complexity index is 713. The molecular weight excluding hydrogens is 324 g/mol. The van der Waals surface area contributed by atoms with Crippen molar-refractivity contribution in [2.45, 2.75) is 39.2 Å². The van der Waals surface area contributed by atoms with Gasteiger partial charge in [0.05, 0.1) is 23.1 Å². The van der Waals surface area contributed by atoms with Crippen LogP contribution in [0.2, 0.25) is 0 Å². The van der Waals surface area contributed by atoms with Crippen molar-refractivity contribution in [1.29, 1.82) is 0 Å². The molecule has 1 aliphatic heterocycles. The van der Waals surface area contributed by atoms with Gasteiger partial charge in [0, 0.05) is 19.1 Å². The molecule has 2 heterocycles. The number of nitrogens with two attached hydrogens (primary N) is 1. The number of halogens is 1. The summed E-state index contributed by atoms with van der Waals surface area (Å²) in [7, 11) is 0. The number of hydrogen-bond donors (Lipinski definition) is 1. The van der Waals surface area contributed by atoms with E-state index in [1.807, 2.05) is 47.7 Å². The van der Waals surface area contributed by atoms with Crippen molar-refractivity contribution in [3.05, 3.63) is 47.3 Å². The SMILES string of the molecule is Cc1ccccc1-n1ncc(C(=O)N2CCCCC2CN)c1C.Cl. The molecule has 24 heavy (non-hydrogen) atoms. The van der Waals surface area contributed by atoms with Crippen molar-refractivity contribution in [2.75, 3.05) is 13.1 Å². The molecule has 1 unspecified atom stereocenters. The van der Waals surface area contributed by atoms with Crippen molar-refractivity contribution < 1.29 is 4.79 Å². The van der Waals surface area contributed by atoms with Gasteiger partial charge in [0.1, 0.15) is 0 Å². The van der Waals surface area contributed by atoms with Crippen molar-refractivity contribution in [1.82, 2.24) is 14.7 Å². The summed E-state index contributed by atoms with van der Waals surface area (Å²) in [4.78, 5) is 14.9. The molecule has 3 rings (SSSR count). The summed E-state index contributed by atoms with van der Waals surface area (Å²) in [5.41, 5.74) is 9.55. The van der Waals surface area contributed by atoms with Gasteiger partial charge in [-0.2, -0.15) is 5.10 Å². The maximum absolute atomic E-state index is 12.9. The summed E-state index contributed by atoms with van der Waals surface area (Å²) >= 11 is 0. The molecule has 1 aliphatic rings. The Morgan fingerprint density at radius 3 is 2.75 bits per heavy atom. The number of rotatable bonds is 3. The van der Waals surface area contributed by atoms with Gasteiger partial charge in [-0.3, -0.25) is 4.79 Å². The number of nitrogens with zero attached hydrogens (tertiary/aromatic N) is 3. The molecule has 0 radical (unpaired) electrons. The van der Waals surface area contributed by atoms with Crippen LogP contribution >= 0.6 is 12.4 Å². The molecule has 1 fully saturated rings. The van der Waals surface area contributed by atoms with Gasteiger partial charge in [0.2, 0.25) is 0 Å². The zero-order valence-electron chi connectivity index (χ0n) is 14.2. The van der Waals surface area contributed by atoms with E-state index in [0.717, 1.165) is 42.8 Å². The molecule has 0 bridgehead atoms. The molecular formula is C18H25ClN4O. The number of amides is 1. The fraction of sp³-hybridized carbons (Fsp3) is 0.444. The van der Waals surface area contributed by atoms with E-state index in [9.17, 15) is 4.79 Å². The number of para-hydroxylation sites is 1. The minimum Gasteiger partial charge on any atom is -0.334 e. The molecule has 1 saturated heterocycles. The normalized spacial score (nSPS) is 17.5. The van der Waals surface area contributed by atoms with E-state index in [-0.39, 0.29) is 24.4 Å². The quantitative estimate of drug-likeness (QED) is 0.927. The third-order valence-electron chi connectivity index (χ3n) is 4.74. The van der Waals surface area contributed by atoms with Gasteiger partial charge in [0.25, 0.3) is 5.91 Å². The number of aryl methyl sites for hydroxylation is 1. The Balaban J connectivity index is 0.00000208. The van der Waals surface area contributed by atoms with E-state index in [4.69, 9.17) is 5.73 Å². The fourth-order valence-corrected chi connectivity index (χ4v) is 3.33. The van der Waals surface area contributed by atoms with Crippen LogP contribution in [0.3, 0.4) is 0 Å². The van der Waals surface area contributed by atoms with E-state index in [1.54, 1.807) is 6.20 Å². The summed E-state index contributed by atoms with van der Waals surface area (Å²) in [5, 5.41) is 4.45. The highest BCUT2D eigenvalue weighted by molar-refractivity contribution is 5.95. The lowest BCUT2D eigenvalue weighted by molar-refractivity contribution is 0.0622. The predicted octanol–water partition coefficient (Wildman–Crippen LogP) is 2.86.